The van der Waals surface area contributed by atoms with Gasteiger partial charge in [-0.2, -0.15) is 4.31 Å². The SMILES string of the molecule is Cc1ccc(C(=O)NC2C3(C)CCC(C3)C2(C)C)cc1S(=O)(=O)N1Cc2ccccc2C1. The minimum Gasteiger partial charge on any atom is -0.348 e. The fourth-order valence-electron chi connectivity index (χ4n) is 6.51. The van der Waals surface area contributed by atoms with Gasteiger partial charge in [-0.3, -0.25) is 4.79 Å². The Balaban J connectivity index is 1.41. The first-order valence-corrected chi connectivity index (χ1v) is 12.9. The lowest BCUT2D eigenvalue weighted by Gasteiger charge is -2.43. The highest BCUT2D eigenvalue weighted by Gasteiger charge is 2.59. The van der Waals surface area contributed by atoms with Crippen LogP contribution in [-0.4, -0.2) is 24.7 Å². The maximum atomic E-state index is 13.5. The summed E-state index contributed by atoms with van der Waals surface area (Å²) in [6, 6.07) is 13.0. The molecule has 1 amide bonds. The molecule has 3 unspecified atom stereocenters. The first-order valence-electron chi connectivity index (χ1n) is 11.5. The predicted octanol–water partition coefficient (Wildman–Crippen LogP) is 4.64. The number of hydrogen-bond acceptors (Lipinski definition) is 3. The molecule has 5 nitrogen and oxygen atoms in total. The van der Waals surface area contributed by atoms with E-state index in [1.165, 1.54) is 10.7 Å². The van der Waals surface area contributed by atoms with Gasteiger partial charge in [-0.15, -0.1) is 0 Å². The fraction of sp³-hybridized carbons (Fsp3) is 0.500. The first kappa shape index (κ1) is 21.7. The molecule has 1 N–H and O–H groups in total. The van der Waals surface area contributed by atoms with Crippen molar-refractivity contribution in [2.24, 2.45) is 16.7 Å². The average molecular weight is 453 g/mol. The number of hydrogen-bond donors (Lipinski definition) is 1. The summed E-state index contributed by atoms with van der Waals surface area (Å²) in [7, 11) is -3.71. The third-order valence-electron chi connectivity index (χ3n) is 8.43. The lowest BCUT2D eigenvalue weighted by Crippen LogP contribution is -2.52. The van der Waals surface area contributed by atoms with E-state index in [4.69, 9.17) is 0 Å². The fourth-order valence-corrected chi connectivity index (χ4v) is 8.15. The first-order chi connectivity index (χ1) is 15.0. The molecule has 0 saturated heterocycles. The number of nitrogens with zero attached hydrogens (tertiary/aromatic N) is 1. The van der Waals surface area contributed by atoms with Crippen LogP contribution >= 0.6 is 0 Å². The smallest absolute Gasteiger partial charge is 0.251 e. The second-order valence-corrected chi connectivity index (χ2v) is 12.8. The minimum absolute atomic E-state index is 0.0452. The zero-order valence-corrected chi connectivity index (χ0v) is 20.1. The van der Waals surface area contributed by atoms with Gasteiger partial charge < -0.3 is 5.32 Å². The van der Waals surface area contributed by atoms with Crippen molar-refractivity contribution in [3.05, 3.63) is 64.7 Å². The molecule has 0 aromatic heterocycles. The van der Waals surface area contributed by atoms with E-state index in [1.54, 1.807) is 25.1 Å². The topological polar surface area (TPSA) is 66.5 Å². The molecule has 170 valence electrons. The molecule has 3 aliphatic rings. The molecule has 3 atom stereocenters. The Morgan fingerprint density at radius 2 is 1.72 bits per heavy atom. The molecule has 1 aliphatic heterocycles. The van der Waals surface area contributed by atoms with E-state index < -0.39 is 10.0 Å². The van der Waals surface area contributed by atoms with Crippen molar-refractivity contribution in [1.29, 1.82) is 0 Å². The third-order valence-corrected chi connectivity index (χ3v) is 10.4. The van der Waals surface area contributed by atoms with Gasteiger partial charge in [0.2, 0.25) is 10.0 Å². The Labute approximate surface area is 191 Å². The number of nitrogens with one attached hydrogen (secondary N) is 1. The van der Waals surface area contributed by atoms with Crippen molar-refractivity contribution in [1.82, 2.24) is 9.62 Å². The molecule has 1 heterocycles. The highest BCUT2D eigenvalue weighted by molar-refractivity contribution is 7.89. The van der Waals surface area contributed by atoms with Gasteiger partial charge in [0, 0.05) is 24.7 Å². The van der Waals surface area contributed by atoms with E-state index >= 15 is 0 Å². The van der Waals surface area contributed by atoms with Crippen LogP contribution in [0.5, 0.6) is 0 Å². The molecular formula is C26H32N2O3S. The molecule has 5 rings (SSSR count). The number of amides is 1. The molecular weight excluding hydrogens is 420 g/mol. The number of fused-ring (bicyclic) bond motifs is 3. The van der Waals surface area contributed by atoms with E-state index in [-0.39, 0.29) is 27.7 Å². The Bertz CT molecular complexity index is 1170. The summed E-state index contributed by atoms with van der Waals surface area (Å²) >= 11 is 0. The molecule has 2 aromatic carbocycles. The largest absolute Gasteiger partial charge is 0.348 e. The van der Waals surface area contributed by atoms with E-state index in [2.05, 4.69) is 26.1 Å². The number of rotatable bonds is 4. The van der Waals surface area contributed by atoms with Crippen molar-refractivity contribution in [3.63, 3.8) is 0 Å². The van der Waals surface area contributed by atoms with Gasteiger partial charge in [0.1, 0.15) is 0 Å². The third kappa shape index (κ3) is 3.22. The summed E-state index contributed by atoms with van der Waals surface area (Å²) in [4.78, 5) is 13.5. The normalized spacial score (nSPS) is 28.6. The zero-order chi connectivity index (χ0) is 22.9. The standard InChI is InChI=1S/C26H32N2O3S/c1-17-9-10-18(23(29)27-24-25(2,3)21-11-12-26(24,4)14-21)13-22(17)32(30,31)28-15-19-7-5-6-8-20(19)16-28/h5-10,13,21,24H,11-12,14-16H2,1-4H3,(H,27,29). The van der Waals surface area contributed by atoms with Gasteiger partial charge in [0.25, 0.3) is 5.91 Å². The Hall–Kier alpha value is -2.18. The number of aryl methyl sites for hydroxylation is 1. The lowest BCUT2D eigenvalue weighted by molar-refractivity contribution is 0.0737. The highest BCUT2D eigenvalue weighted by atomic mass is 32.2. The minimum atomic E-state index is -3.71. The summed E-state index contributed by atoms with van der Waals surface area (Å²) in [5.74, 6) is 0.446. The molecule has 2 bridgehead atoms. The zero-order valence-electron chi connectivity index (χ0n) is 19.3. The van der Waals surface area contributed by atoms with Gasteiger partial charge in [-0.1, -0.05) is 51.1 Å². The Kier molecular flexibility index (Phi) is 4.84. The van der Waals surface area contributed by atoms with Crippen LogP contribution in [-0.2, 0) is 23.1 Å². The number of benzene rings is 2. The lowest BCUT2D eigenvalue weighted by atomic mass is 9.68. The van der Waals surface area contributed by atoms with Gasteiger partial charge in [0.15, 0.2) is 0 Å². The van der Waals surface area contributed by atoms with Crippen molar-refractivity contribution >= 4 is 15.9 Å². The van der Waals surface area contributed by atoms with Crippen LogP contribution in [0.4, 0.5) is 0 Å². The van der Waals surface area contributed by atoms with Crippen molar-refractivity contribution in [3.8, 4) is 0 Å². The second kappa shape index (κ2) is 7.16. The predicted molar refractivity (Wildman–Crippen MR) is 125 cm³/mol. The summed E-state index contributed by atoms with van der Waals surface area (Å²) < 4.78 is 28.5. The summed E-state index contributed by atoms with van der Waals surface area (Å²) in [6.45, 7) is 9.31. The Morgan fingerprint density at radius 3 is 2.31 bits per heavy atom. The average Bonchev–Trinajstić information content (AvgIpc) is 3.40. The molecule has 0 spiro atoms. The van der Waals surface area contributed by atoms with Gasteiger partial charge >= 0.3 is 0 Å². The van der Waals surface area contributed by atoms with Crippen LogP contribution in [0.25, 0.3) is 0 Å². The second-order valence-electron chi connectivity index (χ2n) is 10.8. The van der Waals surface area contributed by atoms with Crippen LogP contribution < -0.4 is 5.32 Å². The maximum Gasteiger partial charge on any atom is 0.251 e. The van der Waals surface area contributed by atoms with Crippen LogP contribution in [0, 0.1) is 23.7 Å². The van der Waals surface area contributed by atoms with E-state index in [0.29, 0.717) is 30.1 Å². The molecule has 0 radical (unpaired) electrons. The van der Waals surface area contributed by atoms with Crippen LogP contribution in [0.1, 0.15) is 67.1 Å². The number of carbonyl (C=O) groups excluding carboxylic acids is 1. The van der Waals surface area contributed by atoms with E-state index in [9.17, 15) is 13.2 Å². The van der Waals surface area contributed by atoms with Crippen molar-refractivity contribution in [2.75, 3.05) is 0 Å². The summed E-state index contributed by atoms with van der Waals surface area (Å²) in [5, 5.41) is 3.29. The molecule has 2 saturated carbocycles. The molecule has 32 heavy (non-hydrogen) atoms. The maximum absolute atomic E-state index is 13.5. The van der Waals surface area contributed by atoms with Crippen LogP contribution in [0.15, 0.2) is 47.4 Å². The van der Waals surface area contributed by atoms with Crippen LogP contribution in [0.3, 0.4) is 0 Å². The highest BCUT2D eigenvalue weighted by Crippen LogP contribution is 2.62. The van der Waals surface area contributed by atoms with E-state index in [0.717, 1.165) is 24.0 Å². The quantitative estimate of drug-likeness (QED) is 0.735. The Morgan fingerprint density at radius 1 is 1.06 bits per heavy atom. The molecule has 2 aliphatic carbocycles. The number of sulfonamides is 1. The summed E-state index contributed by atoms with van der Waals surface area (Å²) in [5.41, 5.74) is 3.30. The van der Waals surface area contributed by atoms with Crippen LogP contribution in [0.2, 0.25) is 0 Å². The van der Waals surface area contributed by atoms with Crippen molar-refractivity contribution in [2.45, 2.75) is 71.0 Å². The van der Waals surface area contributed by atoms with Crippen molar-refractivity contribution < 1.29 is 13.2 Å². The summed E-state index contributed by atoms with van der Waals surface area (Å²) in [6.07, 6.45) is 3.50. The monoisotopic (exact) mass is 452 g/mol. The van der Waals surface area contributed by atoms with Gasteiger partial charge in [0.05, 0.1) is 4.90 Å². The van der Waals surface area contributed by atoms with Gasteiger partial charge in [-0.25, -0.2) is 8.42 Å². The molecule has 2 fully saturated rings. The number of carbonyl (C=O) groups is 1. The van der Waals surface area contributed by atoms with E-state index in [1.807, 2.05) is 24.3 Å². The molecule has 6 heteroatoms. The molecule has 2 aromatic rings. The van der Waals surface area contributed by atoms with Gasteiger partial charge in [-0.05, 0) is 71.8 Å².